The highest BCUT2D eigenvalue weighted by Crippen LogP contribution is 2.31. The molecule has 196 valence electrons. The fraction of sp³-hybridized carbons (Fsp3) is 0.379. The molecule has 1 atom stereocenters. The Hall–Kier alpha value is -3.23. The van der Waals surface area contributed by atoms with E-state index in [2.05, 4.69) is 10.5 Å². The highest BCUT2D eigenvalue weighted by Gasteiger charge is 2.37. The Morgan fingerprint density at radius 1 is 1.00 bits per heavy atom. The van der Waals surface area contributed by atoms with E-state index in [0.717, 1.165) is 39.1 Å². The molecule has 2 heterocycles. The summed E-state index contributed by atoms with van der Waals surface area (Å²) in [5.41, 5.74) is 7.38. The number of nitrogens with one attached hydrogen (secondary N) is 1. The van der Waals surface area contributed by atoms with Gasteiger partial charge in [-0.25, -0.2) is 8.42 Å². The largest absolute Gasteiger partial charge is 0.355 e. The van der Waals surface area contributed by atoms with Crippen LogP contribution in [0.25, 0.3) is 12.2 Å². The Bertz CT molecular complexity index is 1450. The topological polar surface area (TPSA) is 92.5 Å². The number of nitrogens with zero attached hydrogens (tertiary/aromatic N) is 2. The van der Waals surface area contributed by atoms with Gasteiger partial charge in [-0.05, 0) is 82.7 Å². The molecule has 1 fully saturated rings. The Morgan fingerprint density at radius 3 is 2.41 bits per heavy atom. The number of benzene rings is 2. The molecule has 37 heavy (non-hydrogen) atoms. The number of aromatic nitrogens is 1. The molecule has 0 spiro atoms. The number of hydrogen-bond acceptors (Lipinski definition) is 5. The van der Waals surface area contributed by atoms with Gasteiger partial charge in [-0.3, -0.25) is 4.79 Å². The van der Waals surface area contributed by atoms with E-state index < -0.39 is 15.9 Å². The maximum atomic E-state index is 13.8. The first-order chi connectivity index (χ1) is 17.5. The van der Waals surface area contributed by atoms with Crippen LogP contribution in [0.3, 0.4) is 0 Å². The lowest BCUT2D eigenvalue weighted by Gasteiger charge is -2.31. The highest BCUT2D eigenvalue weighted by molar-refractivity contribution is 7.89. The van der Waals surface area contributed by atoms with Crippen molar-refractivity contribution in [2.24, 2.45) is 5.92 Å². The highest BCUT2D eigenvalue weighted by atomic mass is 32.2. The predicted molar refractivity (Wildman–Crippen MR) is 147 cm³/mol. The summed E-state index contributed by atoms with van der Waals surface area (Å²) in [5, 5.41) is 7.01. The van der Waals surface area contributed by atoms with Gasteiger partial charge >= 0.3 is 0 Å². The smallest absolute Gasteiger partial charge is 0.248 e. The lowest BCUT2D eigenvalue weighted by Crippen LogP contribution is -2.44. The second-order valence-corrected chi connectivity index (χ2v) is 12.0. The molecule has 3 aromatic rings. The summed E-state index contributed by atoms with van der Waals surface area (Å²) in [4.78, 5) is 13.2. The normalized spacial score (nSPS) is 16.9. The minimum atomic E-state index is -3.92. The van der Waals surface area contributed by atoms with Crippen LogP contribution >= 0.6 is 0 Å². The molecule has 7 nitrogen and oxygen atoms in total. The molecule has 1 aliphatic rings. The molecule has 2 aromatic carbocycles. The average molecular weight is 522 g/mol. The number of hydrogen-bond donors (Lipinski definition) is 1. The third-order valence-corrected chi connectivity index (χ3v) is 8.98. The molecule has 1 saturated heterocycles. The van der Waals surface area contributed by atoms with E-state index in [1.54, 1.807) is 13.0 Å². The number of carbonyl (C=O) groups is 1. The fourth-order valence-corrected chi connectivity index (χ4v) is 6.78. The molecule has 1 amide bonds. The summed E-state index contributed by atoms with van der Waals surface area (Å²) in [6, 6.07) is 10.2. The average Bonchev–Trinajstić information content (AvgIpc) is 3.22. The van der Waals surface area contributed by atoms with Crippen molar-refractivity contribution >= 4 is 33.8 Å². The minimum absolute atomic E-state index is 0.0559. The van der Waals surface area contributed by atoms with Gasteiger partial charge in [-0.1, -0.05) is 52.7 Å². The van der Waals surface area contributed by atoms with Gasteiger partial charge in [0, 0.05) is 18.8 Å². The van der Waals surface area contributed by atoms with Crippen LogP contribution in [0, 0.1) is 47.5 Å². The molecule has 0 radical (unpaired) electrons. The van der Waals surface area contributed by atoms with E-state index in [-0.39, 0.29) is 23.1 Å². The van der Waals surface area contributed by atoms with Crippen molar-refractivity contribution in [3.05, 3.63) is 75.2 Å². The van der Waals surface area contributed by atoms with Gasteiger partial charge in [-0.2, -0.15) is 4.31 Å². The zero-order chi connectivity index (χ0) is 26.9. The zero-order valence-corrected chi connectivity index (χ0v) is 23.2. The number of anilines is 1. The van der Waals surface area contributed by atoms with Crippen molar-refractivity contribution in [1.82, 2.24) is 9.46 Å². The Morgan fingerprint density at radius 2 is 1.70 bits per heavy atom. The Kier molecular flexibility index (Phi) is 7.71. The molecule has 1 aliphatic heterocycles. The Labute approximate surface area is 219 Å². The summed E-state index contributed by atoms with van der Waals surface area (Å²) in [7, 11) is -3.92. The third kappa shape index (κ3) is 5.70. The number of aryl methyl sites for hydroxylation is 6. The molecule has 1 N–H and O–H groups in total. The van der Waals surface area contributed by atoms with Crippen LogP contribution in [-0.4, -0.2) is 36.9 Å². The van der Waals surface area contributed by atoms with Crippen molar-refractivity contribution in [2.45, 2.75) is 59.3 Å². The molecule has 0 aliphatic carbocycles. The van der Waals surface area contributed by atoms with Gasteiger partial charge in [0.15, 0.2) is 10.7 Å². The summed E-state index contributed by atoms with van der Waals surface area (Å²) in [6.07, 6.45) is 4.73. The Balaban J connectivity index is 1.56. The van der Waals surface area contributed by atoms with E-state index >= 15 is 0 Å². The number of piperidine rings is 1. The van der Waals surface area contributed by atoms with Crippen LogP contribution in [0.5, 0.6) is 0 Å². The summed E-state index contributed by atoms with van der Waals surface area (Å²) < 4.78 is 34.3. The van der Waals surface area contributed by atoms with Crippen molar-refractivity contribution in [1.29, 1.82) is 0 Å². The molecule has 0 saturated carbocycles. The first-order valence-corrected chi connectivity index (χ1v) is 14.0. The van der Waals surface area contributed by atoms with Gasteiger partial charge < -0.3 is 9.84 Å². The van der Waals surface area contributed by atoms with Gasteiger partial charge in [0.2, 0.25) is 15.9 Å². The van der Waals surface area contributed by atoms with E-state index in [1.807, 2.05) is 71.0 Å². The monoisotopic (exact) mass is 521 g/mol. The van der Waals surface area contributed by atoms with Crippen LogP contribution in [0.15, 0.2) is 39.8 Å². The second-order valence-electron chi connectivity index (χ2n) is 10.1. The summed E-state index contributed by atoms with van der Waals surface area (Å²) in [6.45, 7) is 12.1. The molecular formula is C29H35N3O4S. The number of rotatable bonds is 6. The van der Waals surface area contributed by atoms with Crippen molar-refractivity contribution in [3.8, 4) is 0 Å². The maximum Gasteiger partial charge on any atom is 0.248 e. The lowest BCUT2D eigenvalue weighted by molar-refractivity contribution is -0.120. The molecule has 1 unspecified atom stereocenters. The van der Waals surface area contributed by atoms with Crippen LogP contribution in [0.1, 0.15) is 57.7 Å². The van der Waals surface area contributed by atoms with Gasteiger partial charge in [0.25, 0.3) is 0 Å². The van der Waals surface area contributed by atoms with Crippen LogP contribution in [0.4, 0.5) is 5.69 Å². The van der Waals surface area contributed by atoms with E-state index in [4.69, 9.17) is 4.52 Å². The van der Waals surface area contributed by atoms with Crippen molar-refractivity contribution in [3.63, 3.8) is 0 Å². The van der Waals surface area contributed by atoms with Crippen LogP contribution in [-0.2, 0) is 14.8 Å². The number of sulfonamides is 1. The molecule has 0 bridgehead atoms. The molecule has 8 heteroatoms. The van der Waals surface area contributed by atoms with E-state index in [9.17, 15) is 13.2 Å². The SMILES string of the molecule is Cc1cc(C)c(NC(=O)C2CCCN(S(=O)(=O)c3c(C)noc3C=Cc3cc(C)ccc3C)C2)c(C)c1. The van der Waals surface area contributed by atoms with Gasteiger partial charge in [-0.15, -0.1) is 0 Å². The van der Waals surface area contributed by atoms with Crippen LogP contribution in [0.2, 0.25) is 0 Å². The van der Waals surface area contributed by atoms with Crippen LogP contribution < -0.4 is 5.32 Å². The molecule has 1 aromatic heterocycles. The predicted octanol–water partition coefficient (Wildman–Crippen LogP) is 5.73. The minimum Gasteiger partial charge on any atom is -0.355 e. The first-order valence-electron chi connectivity index (χ1n) is 12.6. The van der Waals surface area contributed by atoms with Gasteiger partial charge in [0.05, 0.1) is 5.92 Å². The first kappa shape index (κ1) is 26.8. The van der Waals surface area contributed by atoms with Gasteiger partial charge in [0.1, 0.15) is 5.69 Å². The molecule has 4 rings (SSSR count). The maximum absolute atomic E-state index is 13.8. The number of amides is 1. The standard InChI is InChI=1S/C29H35N3O4S/c1-18-9-10-20(3)24(16-18)11-12-26-28(23(6)31-36-26)37(34,35)32-13-7-8-25(17-32)29(33)30-27-21(4)14-19(2)15-22(27)5/h9-12,14-16,25H,7-8,13,17H2,1-6H3,(H,30,33). The lowest BCUT2D eigenvalue weighted by atomic mass is 9.98. The summed E-state index contributed by atoms with van der Waals surface area (Å²) >= 11 is 0. The van der Waals surface area contributed by atoms with Crippen molar-refractivity contribution in [2.75, 3.05) is 18.4 Å². The summed E-state index contributed by atoms with van der Waals surface area (Å²) in [5.74, 6) is -0.416. The third-order valence-electron chi connectivity index (χ3n) is 6.96. The molecular weight excluding hydrogens is 486 g/mol. The van der Waals surface area contributed by atoms with E-state index in [1.165, 1.54) is 4.31 Å². The van der Waals surface area contributed by atoms with Crippen molar-refractivity contribution < 1.29 is 17.7 Å². The number of carbonyl (C=O) groups excluding carboxylic acids is 1. The zero-order valence-electron chi connectivity index (χ0n) is 22.4. The van der Waals surface area contributed by atoms with E-state index in [0.29, 0.717) is 25.1 Å². The fourth-order valence-electron chi connectivity index (χ4n) is 5.01. The second kappa shape index (κ2) is 10.6. The quantitative estimate of drug-likeness (QED) is 0.447.